The Morgan fingerprint density at radius 2 is 2.25 bits per heavy atom. The van der Waals surface area contributed by atoms with E-state index in [2.05, 4.69) is 5.32 Å². The van der Waals surface area contributed by atoms with E-state index in [0.29, 0.717) is 13.1 Å². The first-order valence-corrected chi connectivity index (χ1v) is 5.19. The van der Waals surface area contributed by atoms with Crippen molar-refractivity contribution in [2.24, 2.45) is 5.73 Å². The molecule has 0 bridgehead atoms. The van der Waals surface area contributed by atoms with Crippen LogP contribution in [0.15, 0.2) is 0 Å². The van der Waals surface area contributed by atoms with Crippen LogP contribution >= 0.6 is 0 Å². The smallest absolute Gasteiger partial charge is 0.326 e. The molecule has 1 unspecified atom stereocenters. The van der Waals surface area contributed by atoms with Crippen LogP contribution in [0.2, 0.25) is 0 Å². The number of nitrogens with one attached hydrogen (secondary N) is 1. The number of nitrogens with zero attached hydrogens (tertiary/aromatic N) is 1. The lowest BCUT2D eigenvalue weighted by molar-refractivity contribution is -0.139. The minimum absolute atomic E-state index is 0.000959. The second-order valence-corrected chi connectivity index (χ2v) is 3.85. The Morgan fingerprint density at radius 3 is 2.69 bits per heavy atom. The van der Waals surface area contributed by atoms with Gasteiger partial charge in [0.1, 0.15) is 6.04 Å². The average Bonchev–Trinajstić information content (AvgIpc) is 2.64. The van der Waals surface area contributed by atoms with Gasteiger partial charge in [-0.1, -0.05) is 0 Å². The molecule has 1 aliphatic heterocycles. The predicted octanol–water partition coefficient (Wildman–Crippen LogP) is -1.44. The van der Waals surface area contributed by atoms with Gasteiger partial charge in [-0.3, -0.25) is 0 Å². The quantitative estimate of drug-likeness (QED) is 0.473. The number of carboxylic acids is 1. The molecular formula is C9H17N3O4. The highest BCUT2D eigenvalue weighted by molar-refractivity contribution is 5.82. The van der Waals surface area contributed by atoms with Gasteiger partial charge < -0.3 is 26.2 Å². The predicted molar refractivity (Wildman–Crippen MR) is 55.8 cm³/mol. The molecule has 92 valence electrons. The van der Waals surface area contributed by atoms with Crippen molar-refractivity contribution in [3.8, 4) is 0 Å². The second-order valence-electron chi connectivity index (χ2n) is 3.85. The lowest BCUT2D eigenvalue weighted by atomic mass is 10.2. The monoisotopic (exact) mass is 231 g/mol. The minimum atomic E-state index is -1.15. The number of aliphatic hydroxyl groups is 1. The molecule has 5 N–H and O–H groups in total. The third-order valence-corrected chi connectivity index (χ3v) is 2.53. The van der Waals surface area contributed by atoms with Crippen molar-refractivity contribution in [1.82, 2.24) is 10.2 Å². The number of hydrogen-bond donors (Lipinski definition) is 4. The van der Waals surface area contributed by atoms with Crippen LogP contribution in [0.1, 0.15) is 12.8 Å². The van der Waals surface area contributed by atoms with Crippen molar-refractivity contribution < 1.29 is 19.8 Å². The third kappa shape index (κ3) is 3.35. The highest BCUT2D eigenvalue weighted by Crippen LogP contribution is 2.07. The van der Waals surface area contributed by atoms with E-state index in [9.17, 15) is 9.59 Å². The molecule has 7 heteroatoms. The summed E-state index contributed by atoms with van der Waals surface area (Å²) in [6, 6.07) is -1.52. The van der Waals surface area contributed by atoms with E-state index in [-0.39, 0.29) is 19.1 Å². The first-order chi connectivity index (χ1) is 7.54. The Morgan fingerprint density at radius 1 is 1.56 bits per heavy atom. The molecule has 0 aromatic carbocycles. The van der Waals surface area contributed by atoms with Crippen LogP contribution in [0.4, 0.5) is 4.79 Å². The van der Waals surface area contributed by atoms with Crippen LogP contribution in [0.5, 0.6) is 0 Å². The standard InChI is InChI=1S/C9H17N3O4/c10-6-1-3-12(5-6)9(16)11-7(2-4-13)8(14)15/h6-7,13H,1-5,10H2,(H,11,16)(H,14,15)/t6?,7-/m1/s1. The molecule has 1 aliphatic rings. The zero-order valence-corrected chi connectivity index (χ0v) is 8.93. The topological polar surface area (TPSA) is 116 Å². The molecule has 7 nitrogen and oxygen atoms in total. The number of hydrogen-bond acceptors (Lipinski definition) is 4. The molecule has 1 heterocycles. The Balaban J connectivity index is 2.45. The average molecular weight is 231 g/mol. The Kier molecular flexibility index (Phi) is 4.51. The van der Waals surface area contributed by atoms with Gasteiger partial charge in [-0.2, -0.15) is 0 Å². The molecule has 0 radical (unpaired) electrons. The SMILES string of the molecule is NC1CCN(C(=O)N[C@H](CCO)C(=O)O)C1. The van der Waals surface area contributed by atoms with E-state index in [4.69, 9.17) is 15.9 Å². The normalized spacial score (nSPS) is 21.9. The van der Waals surface area contributed by atoms with Gasteiger partial charge in [0.15, 0.2) is 0 Å². The van der Waals surface area contributed by atoms with E-state index >= 15 is 0 Å². The molecular weight excluding hydrogens is 214 g/mol. The maximum Gasteiger partial charge on any atom is 0.326 e. The Hall–Kier alpha value is -1.34. The maximum atomic E-state index is 11.6. The number of amides is 2. The van der Waals surface area contributed by atoms with Gasteiger partial charge in [-0.25, -0.2) is 9.59 Å². The van der Waals surface area contributed by atoms with Crippen LogP contribution < -0.4 is 11.1 Å². The van der Waals surface area contributed by atoms with Gasteiger partial charge in [0.2, 0.25) is 0 Å². The molecule has 2 amide bonds. The lowest BCUT2D eigenvalue weighted by Crippen LogP contribution is -2.48. The van der Waals surface area contributed by atoms with Crippen molar-refractivity contribution in [2.75, 3.05) is 19.7 Å². The first-order valence-electron chi connectivity index (χ1n) is 5.19. The first kappa shape index (κ1) is 12.7. The molecule has 2 atom stereocenters. The van der Waals surface area contributed by atoms with Crippen LogP contribution in [0.3, 0.4) is 0 Å². The van der Waals surface area contributed by atoms with Crippen molar-refractivity contribution in [1.29, 1.82) is 0 Å². The van der Waals surface area contributed by atoms with E-state index in [0.717, 1.165) is 6.42 Å². The number of nitrogens with two attached hydrogens (primary N) is 1. The summed E-state index contributed by atoms with van der Waals surface area (Å²) in [5.41, 5.74) is 5.63. The maximum absolute atomic E-state index is 11.6. The fourth-order valence-corrected chi connectivity index (χ4v) is 1.60. The van der Waals surface area contributed by atoms with Gasteiger partial charge in [-0.15, -0.1) is 0 Å². The van der Waals surface area contributed by atoms with Gasteiger partial charge >= 0.3 is 12.0 Å². The number of carbonyl (C=O) groups excluding carboxylic acids is 1. The minimum Gasteiger partial charge on any atom is -0.480 e. The van der Waals surface area contributed by atoms with Crippen LogP contribution in [0.25, 0.3) is 0 Å². The summed E-state index contributed by atoms with van der Waals surface area (Å²) in [5, 5.41) is 19.8. The van der Waals surface area contributed by atoms with Gasteiger partial charge in [0, 0.05) is 32.2 Å². The van der Waals surface area contributed by atoms with E-state index in [1.165, 1.54) is 4.90 Å². The van der Waals surface area contributed by atoms with Gasteiger partial charge in [-0.05, 0) is 6.42 Å². The summed E-state index contributed by atoms with van der Waals surface area (Å²) in [4.78, 5) is 23.8. The van der Waals surface area contributed by atoms with Crippen LogP contribution in [-0.2, 0) is 4.79 Å². The number of likely N-dealkylation sites (tertiary alicyclic amines) is 1. The third-order valence-electron chi connectivity index (χ3n) is 2.53. The number of carbonyl (C=O) groups is 2. The molecule has 1 rings (SSSR count). The van der Waals surface area contributed by atoms with Crippen LogP contribution in [0, 0.1) is 0 Å². The molecule has 0 spiro atoms. The van der Waals surface area contributed by atoms with Gasteiger partial charge in [0.25, 0.3) is 0 Å². The molecule has 0 saturated carbocycles. The van der Waals surface area contributed by atoms with Crippen molar-refractivity contribution in [3.63, 3.8) is 0 Å². The van der Waals surface area contributed by atoms with E-state index < -0.39 is 18.0 Å². The van der Waals surface area contributed by atoms with E-state index in [1.54, 1.807) is 0 Å². The molecule has 1 saturated heterocycles. The number of rotatable bonds is 4. The highest BCUT2D eigenvalue weighted by Gasteiger charge is 2.27. The van der Waals surface area contributed by atoms with Gasteiger partial charge in [0.05, 0.1) is 0 Å². The number of aliphatic hydroxyl groups excluding tert-OH is 1. The van der Waals surface area contributed by atoms with Crippen molar-refractivity contribution in [3.05, 3.63) is 0 Å². The zero-order chi connectivity index (χ0) is 12.1. The van der Waals surface area contributed by atoms with E-state index in [1.807, 2.05) is 0 Å². The zero-order valence-electron chi connectivity index (χ0n) is 8.93. The molecule has 0 aromatic heterocycles. The highest BCUT2D eigenvalue weighted by atomic mass is 16.4. The fourth-order valence-electron chi connectivity index (χ4n) is 1.60. The fraction of sp³-hybridized carbons (Fsp3) is 0.778. The number of aliphatic carboxylic acids is 1. The number of urea groups is 1. The molecule has 16 heavy (non-hydrogen) atoms. The summed E-state index contributed by atoms with van der Waals surface area (Å²) in [6.45, 7) is 0.701. The van der Waals surface area contributed by atoms with Crippen LogP contribution in [-0.4, -0.2) is 58.9 Å². The Bertz CT molecular complexity index is 271. The molecule has 0 aromatic rings. The van der Waals surface area contributed by atoms with Crippen molar-refractivity contribution in [2.45, 2.75) is 24.9 Å². The Labute approximate surface area is 93.2 Å². The van der Waals surface area contributed by atoms with Crippen molar-refractivity contribution >= 4 is 12.0 Å². The molecule has 0 aliphatic carbocycles. The molecule has 1 fully saturated rings. The summed E-state index contributed by atoms with van der Waals surface area (Å²) in [6.07, 6.45) is 0.728. The summed E-state index contributed by atoms with van der Waals surface area (Å²) < 4.78 is 0. The number of carboxylic acid groups (broad SMARTS) is 1. The summed E-state index contributed by atoms with van der Waals surface area (Å²) in [5.74, 6) is -1.15. The second kappa shape index (κ2) is 5.66. The summed E-state index contributed by atoms with van der Waals surface area (Å²) >= 11 is 0. The lowest BCUT2D eigenvalue weighted by Gasteiger charge is -2.20. The largest absolute Gasteiger partial charge is 0.480 e. The summed E-state index contributed by atoms with van der Waals surface area (Å²) in [7, 11) is 0.